The second kappa shape index (κ2) is 7.97. The smallest absolute Gasteiger partial charge is 0.268 e. The predicted molar refractivity (Wildman–Crippen MR) is 128 cm³/mol. The minimum Gasteiger partial charge on any atom is -0.305 e. The number of rotatable bonds is 2. The van der Waals surface area contributed by atoms with E-state index in [1.807, 2.05) is 26.0 Å². The molecule has 0 radical (unpaired) electrons. The molecule has 0 saturated carbocycles. The van der Waals surface area contributed by atoms with Gasteiger partial charge in [0.1, 0.15) is 10.7 Å². The summed E-state index contributed by atoms with van der Waals surface area (Å²) in [5.41, 5.74) is 2.43. The maximum absolute atomic E-state index is 13.1. The van der Waals surface area contributed by atoms with E-state index in [0.717, 1.165) is 21.2 Å². The molecule has 0 atom stereocenters. The van der Waals surface area contributed by atoms with Gasteiger partial charge in [-0.3, -0.25) is 4.79 Å². The van der Waals surface area contributed by atoms with Gasteiger partial charge in [-0.25, -0.2) is 9.97 Å². The fourth-order valence-corrected chi connectivity index (χ4v) is 5.10. The fourth-order valence-electron chi connectivity index (χ4n) is 3.16. The Morgan fingerprint density at radius 2 is 1.77 bits per heavy atom. The van der Waals surface area contributed by atoms with Crippen LogP contribution in [0.4, 0.5) is 5.82 Å². The molecule has 0 aliphatic carbocycles. The van der Waals surface area contributed by atoms with Gasteiger partial charge in [0, 0.05) is 20.5 Å². The Kier molecular flexibility index (Phi) is 5.81. The summed E-state index contributed by atoms with van der Waals surface area (Å²) in [5, 5.41) is 5.10. The standard InChI is InChI=1S/C20H12Cl5N3OS/c1-8-5-9(2)15-12(6-8)17(28-19(26-15)20(23,24)25)27-18(29)16-14(22)11-4-3-10(21)7-13(11)30-16/h3-7H,1-2H3,(H,26,27,28,29). The van der Waals surface area contributed by atoms with E-state index in [2.05, 4.69) is 15.3 Å². The average molecular weight is 520 g/mol. The summed E-state index contributed by atoms with van der Waals surface area (Å²) in [6, 6.07) is 9.09. The Bertz CT molecular complexity index is 1330. The molecule has 0 unspecified atom stereocenters. The number of hydrogen-bond acceptors (Lipinski definition) is 4. The molecule has 2 aromatic carbocycles. The van der Waals surface area contributed by atoms with E-state index < -0.39 is 9.70 Å². The number of aromatic nitrogens is 2. The van der Waals surface area contributed by atoms with Gasteiger partial charge in [0.25, 0.3) is 5.91 Å². The van der Waals surface area contributed by atoms with Gasteiger partial charge in [-0.15, -0.1) is 11.3 Å². The van der Waals surface area contributed by atoms with Gasteiger partial charge in [0.2, 0.25) is 3.79 Å². The maximum Gasteiger partial charge on any atom is 0.268 e. The number of carbonyl (C=O) groups excluding carboxylic acids is 1. The van der Waals surface area contributed by atoms with Crippen LogP contribution in [-0.2, 0) is 3.79 Å². The van der Waals surface area contributed by atoms with Crippen molar-refractivity contribution >= 4 is 102 Å². The van der Waals surface area contributed by atoms with E-state index in [1.54, 1.807) is 18.2 Å². The minimum absolute atomic E-state index is 0.0310. The molecule has 1 amide bonds. The first-order chi connectivity index (χ1) is 14.0. The highest BCUT2D eigenvalue weighted by atomic mass is 35.6. The molecule has 0 bridgehead atoms. The van der Waals surface area contributed by atoms with Crippen molar-refractivity contribution in [3.63, 3.8) is 0 Å². The average Bonchev–Trinajstić information content (AvgIpc) is 2.97. The number of hydrogen-bond donors (Lipinski definition) is 1. The molecule has 0 aliphatic heterocycles. The molecular formula is C20H12Cl5N3OS. The van der Waals surface area contributed by atoms with Crippen molar-refractivity contribution < 1.29 is 4.79 Å². The molecular weight excluding hydrogens is 508 g/mol. The van der Waals surface area contributed by atoms with Crippen LogP contribution >= 0.6 is 69.3 Å². The van der Waals surface area contributed by atoms with Crippen molar-refractivity contribution in [2.75, 3.05) is 5.32 Å². The number of benzene rings is 2. The van der Waals surface area contributed by atoms with Gasteiger partial charge < -0.3 is 5.32 Å². The first-order valence-electron chi connectivity index (χ1n) is 8.59. The number of nitrogens with one attached hydrogen (secondary N) is 1. The predicted octanol–water partition coefficient (Wildman–Crippen LogP) is 7.85. The van der Waals surface area contributed by atoms with Crippen LogP contribution in [0.1, 0.15) is 26.6 Å². The molecule has 1 N–H and O–H groups in total. The van der Waals surface area contributed by atoms with Crippen LogP contribution in [0.3, 0.4) is 0 Å². The first-order valence-corrected chi connectivity index (χ1v) is 11.3. The van der Waals surface area contributed by atoms with Crippen LogP contribution in [0.15, 0.2) is 30.3 Å². The highest BCUT2D eigenvalue weighted by Gasteiger charge is 2.29. The normalized spacial score (nSPS) is 12.0. The Morgan fingerprint density at radius 1 is 1.03 bits per heavy atom. The lowest BCUT2D eigenvalue weighted by Gasteiger charge is -2.15. The summed E-state index contributed by atoms with van der Waals surface area (Å²) in [7, 11) is 0. The molecule has 0 saturated heterocycles. The molecule has 2 aromatic heterocycles. The van der Waals surface area contributed by atoms with Crippen molar-refractivity contribution in [3.05, 3.63) is 62.2 Å². The molecule has 10 heteroatoms. The molecule has 0 spiro atoms. The second-order valence-corrected chi connectivity index (χ2v) is 10.9. The van der Waals surface area contributed by atoms with Crippen LogP contribution in [-0.4, -0.2) is 15.9 Å². The number of amides is 1. The maximum atomic E-state index is 13.1. The van der Waals surface area contributed by atoms with Gasteiger partial charge in [0.05, 0.1) is 10.5 Å². The largest absolute Gasteiger partial charge is 0.305 e. The van der Waals surface area contributed by atoms with Crippen molar-refractivity contribution in [1.29, 1.82) is 0 Å². The Balaban J connectivity index is 1.85. The third-order valence-corrected chi connectivity index (χ3v) is 6.82. The molecule has 154 valence electrons. The zero-order valence-electron chi connectivity index (χ0n) is 15.5. The van der Waals surface area contributed by atoms with Crippen molar-refractivity contribution in [3.8, 4) is 0 Å². The lowest BCUT2D eigenvalue weighted by molar-refractivity contribution is 0.103. The molecule has 2 heterocycles. The van der Waals surface area contributed by atoms with E-state index >= 15 is 0 Å². The lowest BCUT2D eigenvalue weighted by Crippen LogP contribution is -2.16. The quantitative estimate of drug-likeness (QED) is 0.274. The summed E-state index contributed by atoms with van der Waals surface area (Å²) in [4.78, 5) is 22.1. The number of nitrogens with zero attached hydrogens (tertiary/aromatic N) is 2. The number of aryl methyl sites for hydroxylation is 2. The zero-order valence-corrected chi connectivity index (χ0v) is 20.1. The van der Waals surface area contributed by atoms with Crippen LogP contribution in [0.25, 0.3) is 21.0 Å². The van der Waals surface area contributed by atoms with Gasteiger partial charge in [-0.1, -0.05) is 70.1 Å². The Labute approximate surface area is 201 Å². The van der Waals surface area contributed by atoms with Crippen molar-refractivity contribution in [2.24, 2.45) is 0 Å². The van der Waals surface area contributed by atoms with E-state index in [1.165, 1.54) is 11.3 Å². The van der Waals surface area contributed by atoms with E-state index in [0.29, 0.717) is 25.8 Å². The molecule has 4 aromatic rings. The first kappa shape index (κ1) is 21.9. The topological polar surface area (TPSA) is 54.9 Å². The van der Waals surface area contributed by atoms with Crippen molar-refractivity contribution in [2.45, 2.75) is 17.6 Å². The molecule has 0 aliphatic rings. The summed E-state index contributed by atoms with van der Waals surface area (Å²) in [5.74, 6) is -0.215. The van der Waals surface area contributed by atoms with Gasteiger partial charge in [-0.05, 0) is 43.2 Å². The minimum atomic E-state index is -1.85. The van der Waals surface area contributed by atoms with Gasteiger partial charge in [-0.2, -0.15) is 0 Å². The molecule has 0 fully saturated rings. The summed E-state index contributed by atoms with van der Waals surface area (Å²) >= 11 is 31.8. The lowest BCUT2D eigenvalue weighted by atomic mass is 10.1. The van der Waals surface area contributed by atoms with Gasteiger partial charge >= 0.3 is 0 Å². The highest BCUT2D eigenvalue weighted by Crippen LogP contribution is 2.40. The van der Waals surface area contributed by atoms with Crippen LogP contribution in [0.5, 0.6) is 0 Å². The van der Waals surface area contributed by atoms with Gasteiger partial charge in [0.15, 0.2) is 5.82 Å². The number of halogens is 5. The van der Waals surface area contributed by atoms with E-state index in [4.69, 9.17) is 58.0 Å². The third kappa shape index (κ3) is 4.07. The van der Waals surface area contributed by atoms with E-state index in [-0.39, 0.29) is 11.6 Å². The Morgan fingerprint density at radius 3 is 2.47 bits per heavy atom. The zero-order chi connectivity index (χ0) is 21.8. The molecule has 4 nitrogen and oxygen atoms in total. The fraction of sp³-hybridized carbons (Fsp3) is 0.150. The monoisotopic (exact) mass is 517 g/mol. The molecule has 4 rings (SSSR count). The number of alkyl halides is 3. The van der Waals surface area contributed by atoms with Crippen molar-refractivity contribution in [1.82, 2.24) is 9.97 Å². The van der Waals surface area contributed by atoms with E-state index in [9.17, 15) is 4.79 Å². The number of thiophene rings is 1. The summed E-state index contributed by atoms with van der Waals surface area (Å²) in [6.45, 7) is 3.83. The third-order valence-electron chi connectivity index (χ3n) is 4.42. The SMILES string of the molecule is Cc1cc(C)c2nc(C(Cl)(Cl)Cl)nc(NC(=O)c3sc4cc(Cl)ccc4c3Cl)c2c1. The van der Waals surface area contributed by atoms with Crippen LogP contribution in [0, 0.1) is 13.8 Å². The number of fused-ring (bicyclic) bond motifs is 2. The van der Waals surface area contributed by atoms with Crippen LogP contribution < -0.4 is 5.32 Å². The highest BCUT2D eigenvalue weighted by molar-refractivity contribution is 7.21. The number of carbonyl (C=O) groups is 1. The second-order valence-electron chi connectivity index (χ2n) is 6.71. The Hall–Kier alpha value is -1.34. The number of anilines is 1. The summed E-state index contributed by atoms with van der Waals surface area (Å²) in [6.07, 6.45) is 0. The summed E-state index contributed by atoms with van der Waals surface area (Å²) < 4.78 is -1.05. The molecule has 30 heavy (non-hydrogen) atoms. The van der Waals surface area contributed by atoms with Crippen LogP contribution in [0.2, 0.25) is 10.0 Å².